The van der Waals surface area contributed by atoms with Crippen LogP contribution in [0.4, 0.5) is 0 Å². The zero-order chi connectivity index (χ0) is 11.9. The highest BCUT2D eigenvalue weighted by Gasteiger charge is 2.24. The van der Waals surface area contributed by atoms with Gasteiger partial charge in [-0.15, -0.1) is 0 Å². The number of sulfone groups is 1. The highest BCUT2D eigenvalue weighted by Crippen LogP contribution is 2.31. The van der Waals surface area contributed by atoms with E-state index in [1.54, 1.807) is 6.92 Å². The number of aromatic nitrogens is 1. The zero-order valence-electron chi connectivity index (χ0n) is 9.74. The molecule has 0 atom stereocenters. The van der Waals surface area contributed by atoms with E-state index in [1.165, 1.54) is 0 Å². The van der Waals surface area contributed by atoms with Gasteiger partial charge in [0.05, 0.1) is 5.75 Å². The number of pyridine rings is 1. The third-order valence-corrected chi connectivity index (χ3v) is 4.61. The number of rotatable bonds is 2. The summed E-state index contributed by atoms with van der Waals surface area (Å²) in [6, 6.07) is 1.96. The average molecular weight is 237 g/mol. The van der Waals surface area contributed by atoms with E-state index in [-0.39, 0.29) is 10.8 Å². The first-order chi connectivity index (χ1) is 7.45. The van der Waals surface area contributed by atoms with Gasteiger partial charge in [-0.2, -0.15) is 0 Å². The quantitative estimate of drug-likeness (QED) is 0.791. The number of hydrogen-bond acceptors (Lipinski definition) is 3. The third kappa shape index (κ3) is 1.67. The zero-order valence-corrected chi connectivity index (χ0v) is 10.6. The van der Waals surface area contributed by atoms with Gasteiger partial charge in [0.2, 0.25) is 0 Å². The summed E-state index contributed by atoms with van der Waals surface area (Å²) < 4.78 is 23.9. The van der Waals surface area contributed by atoms with Crippen molar-refractivity contribution < 1.29 is 8.42 Å². The molecule has 0 aliphatic heterocycles. The van der Waals surface area contributed by atoms with Crippen molar-refractivity contribution >= 4 is 15.4 Å². The van der Waals surface area contributed by atoms with Gasteiger partial charge in [-0.1, -0.05) is 13.0 Å². The number of allylic oxidation sites excluding steroid dienone is 2. The fourth-order valence-corrected chi connectivity index (χ4v) is 3.10. The molecule has 0 fully saturated rings. The molecular weight excluding hydrogens is 222 g/mol. The Morgan fingerprint density at radius 1 is 1.38 bits per heavy atom. The van der Waals surface area contributed by atoms with E-state index < -0.39 is 9.84 Å². The summed E-state index contributed by atoms with van der Waals surface area (Å²) in [6.45, 7) is 5.50. The van der Waals surface area contributed by atoms with Crippen molar-refractivity contribution in [1.82, 2.24) is 4.98 Å². The molecule has 0 saturated carbocycles. The highest BCUT2D eigenvalue weighted by atomic mass is 32.2. The van der Waals surface area contributed by atoms with Crippen LogP contribution in [0, 0.1) is 6.92 Å². The first-order valence-corrected chi connectivity index (χ1v) is 7.01. The maximum Gasteiger partial charge on any atom is 0.195 e. The molecule has 2 rings (SSSR count). The normalized spacial score (nSPS) is 14.8. The second-order valence-electron chi connectivity index (χ2n) is 4.09. The molecule has 0 amide bonds. The SMILES string of the molecule is CCS(=O)(=O)c1nc(C)cc2c1CC=C2C. The summed E-state index contributed by atoms with van der Waals surface area (Å²) >= 11 is 0. The van der Waals surface area contributed by atoms with E-state index in [4.69, 9.17) is 0 Å². The van der Waals surface area contributed by atoms with Gasteiger partial charge in [0.25, 0.3) is 0 Å². The van der Waals surface area contributed by atoms with Gasteiger partial charge in [-0.3, -0.25) is 0 Å². The molecule has 0 spiro atoms. The van der Waals surface area contributed by atoms with Crippen LogP contribution in [0.3, 0.4) is 0 Å². The first-order valence-electron chi connectivity index (χ1n) is 5.36. The average Bonchev–Trinajstić information content (AvgIpc) is 2.59. The minimum absolute atomic E-state index is 0.106. The predicted octanol–water partition coefficient (Wildman–Crippen LogP) is 2.14. The summed E-state index contributed by atoms with van der Waals surface area (Å²) in [4.78, 5) is 4.20. The van der Waals surface area contributed by atoms with Crippen molar-refractivity contribution in [3.63, 3.8) is 0 Å². The van der Waals surface area contributed by atoms with Crippen LogP contribution in [0.1, 0.15) is 30.7 Å². The fraction of sp³-hybridized carbons (Fsp3) is 0.417. The van der Waals surface area contributed by atoms with Gasteiger partial charge < -0.3 is 0 Å². The molecule has 86 valence electrons. The Kier molecular flexibility index (Phi) is 2.62. The Morgan fingerprint density at radius 3 is 2.69 bits per heavy atom. The monoisotopic (exact) mass is 237 g/mol. The molecule has 0 N–H and O–H groups in total. The fourth-order valence-electron chi connectivity index (χ4n) is 1.98. The van der Waals surface area contributed by atoms with Gasteiger partial charge in [0.15, 0.2) is 14.9 Å². The Labute approximate surface area is 96.1 Å². The molecule has 0 aromatic carbocycles. The van der Waals surface area contributed by atoms with Crippen LogP contribution in [-0.2, 0) is 16.3 Å². The van der Waals surface area contributed by atoms with Crippen LogP contribution < -0.4 is 0 Å². The van der Waals surface area contributed by atoms with Crippen LogP contribution in [0.15, 0.2) is 17.2 Å². The number of aryl methyl sites for hydroxylation is 1. The van der Waals surface area contributed by atoms with Gasteiger partial charge in [-0.05, 0) is 37.5 Å². The lowest BCUT2D eigenvalue weighted by Gasteiger charge is -2.09. The topological polar surface area (TPSA) is 47.0 Å². The summed E-state index contributed by atoms with van der Waals surface area (Å²) in [5.41, 5.74) is 3.82. The third-order valence-electron chi connectivity index (χ3n) is 2.93. The number of hydrogen-bond donors (Lipinski definition) is 0. The molecule has 3 nitrogen and oxygen atoms in total. The van der Waals surface area contributed by atoms with Crippen LogP contribution in [0.2, 0.25) is 0 Å². The molecule has 0 radical (unpaired) electrons. The second-order valence-corrected chi connectivity index (χ2v) is 6.28. The summed E-state index contributed by atoms with van der Waals surface area (Å²) in [5.74, 6) is 0.106. The number of fused-ring (bicyclic) bond motifs is 1. The number of nitrogens with zero attached hydrogens (tertiary/aromatic N) is 1. The maximum absolute atomic E-state index is 11.9. The second kappa shape index (κ2) is 3.70. The molecule has 1 aliphatic rings. The smallest absolute Gasteiger partial charge is 0.195 e. The molecule has 0 bridgehead atoms. The van der Waals surface area contributed by atoms with Gasteiger partial charge in [0, 0.05) is 11.3 Å². The van der Waals surface area contributed by atoms with Crippen LogP contribution in [-0.4, -0.2) is 19.2 Å². The van der Waals surface area contributed by atoms with Crippen LogP contribution in [0.25, 0.3) is 5.57 Å². The Hall–Kier alpha value is -1.16. The van der Waals surface area contributed by atoms with E-state index >= 15 is 0 Å². The van der Waals surface area contributed by atoms with Gasteiger partial charge in [-0.25, -0.2) is 13.4 Å². The summed E-state index contributed by atoms with van der Waals surface area (Å²) in [6.07, 6.45) is 2.74. The minimum atomic E-state index is -3.21. The van der Waals surface area contributed by atoms with E-state index in [2.05, 4.69) is 11.1 Å². The van der Waals surface area contributed by atoms with Crippen LogP contribution >= 0.6 is 0 Å². The summed E-state index contributed by atoms with van der Waals surface area (Å²) in [5, 5.41) is 0.276. The molecule has 1 aliphatic carbocycles. The predicted molar refractivity (Wildman–Crippen MR) is 64.1 cm³/mol. The van der Waals surface area contributed by atoms with Crippen molar-refractivity contribution in [2.24, 2.45) is 0 Å². The maximum atomic E-state index is 11.9. The lowest BCUT2D eigenvalue weighted by Crippen LogP contribution is -2.11. The molecule has 0 saturated heterocycles. The molecular formula is C12H15NO2S. The Morgan fingerprint density at radius 2 is 2.06 bits per heavy atom. The van der Waals surface area contributed by atoms with E-state index in [0.717, 1.165) is 22.4 Å². The van der Waals surface area contributed by atoms with E-state index in [9.17, 15) is 8.42 Å². The van der Waals surface area contributed by atoms with Crippen molar-refractivity contribution in [2.45, 2.75) is 32.2 Å². The highest BCUT2D eigenvalue weighted by molar-refractivity contribution is 7.91. The minimum Gasteiger partial charge on any atom is -0.241 e. The molecule has 1 aromatic rings. The molecule has 1 aromatic heterocycles. The van der Waals surface area contributed by atoms with Crippen molar-refractivity contribution in [3.05, 3.63) is 29.0 Å². The standard InChI is InChI=1S/C12H15NO2S/c1-4-16(14,15)12-10-6-5-8(2)11(10)7-9(3)13-12/h5,7H,4,6H2,1-3H3. The molecule has 16 heavy (non-hydrogen) atoms. The molecule has 0 unspecified atom stereocenters. The van der Waals surface area contributed by atoms with Crippen molar-refractivity contribution in [3.8, 4) is 0 Å². The summed E-state index contributed by atoms with van der Waals surface area (Å²) in [7, 11) is -3.21. The molecule has 1 heterocycles. The molecule has 4 heteroatoms. The lowest BCUT2D eigenvalue weighted by atomic mass is 10.1. The van der Waals surface area contributed by atoms with Crippen molar-refractivity contribution in [1.29, 1.82) is 0 Å². The first kappa shape index (κ1) is 11.3. The Bertz CT molecular complexity index is 571. The largest absolute Gasteiger partial charge is 0.241 e. The van der Waals surface area contributed by atoms with Crippen molar-refractivity contribution in [2.75, 3.05) is 5.75 Å². The van der Waals surface area contributed by atoms with Gasteiger partial charge in [0.1, 0.15) is 0 Å². The Balaban J connectivity index is 2.72. The lowest BCUT2D eigenvalue weighted by molar-refractivity contribution is 0.592. The van der Waals surface area contributed by atoms with E-state index in [0.29, 0.717) is 6.42 Å². The van der Waals surface area contributed by atoms with E-state index in [1.807, 2.05) is 19.9 Å². The van der Waals surface area contributed by atoms with Gasteiger partial charge >= 0.3 is 0 Å². The van der Waals surface area contributed by atoms with Crippen LogP contribution in [0.5, 0.6) is 0 Å².